The van der Waals surface area contributed by atoms with Gasteiger partial charge in [-0.25, -0.2) is 0 Å². The number of hydrogen-bond acceptors (Lipinski definition) is 0. The molecule has 0 aromatic carbocycles. The van der Waals surface area contributed by atoms with Crippen LogP contribution in [-0.2, 0) is 0 Å². The smallest absolute Gasteiger partial charge is 0.0136 e. The van der Waals surface area contributed by atoms with Gasteiger partial charge in [0.2, 0.25) is 0 Å². The second-order valence-corrected chi connectivity index (χ2v) is 9.06. The average Bonchev–Trinajstić information content (AvgIpc) is 2.81. The van der Waals surface area contributed by atoms with E-state index in [0.717, 1.165) is 6.42 Å². The second-order valence-electron chi connectivity index (χ2n) is 6.52. The van der Waals surface area contributed by atoms with Crippen molar-refractivity contribution in [3.63, 3.8) is 0 Å². The normalized spacial score (nSPS) is 19.6. The van der Waals surface area contributed by atoms with Crippen molar-refractivity contribution in [2.45, 2.75) is 47.2 Å². The van der Waals surface area contributed by atoms with E-state index in [1.165, 1.54) is 27.5 Å². The van der Waals surface area contributed by atoms with Crippen molar-refractivity contribution in [2.24, 2.45) is 5.41 Å². The first-order valence-corrected chi connectivity index (χ1v) is 9.21. The number of allylic oxidation sites excluding steroid dienone is 8. The van der Waals surface area contributed by atoms with E-state index in [-0.39, 0.29) is 13.8 Å². The average molecular weight is 255 g/mol. The van der Waals surface area contributed by atoms with E-state index in [2.05, 4.69) is 65.1 Å². The van der Waals surface area contributed by atoms with Crippen LogP contribution in [0.4, 0.5) is 0 Å². The van der Waals surface area contributed by atoms with E-state index >= 15 is 0 Å². The summed E-state index contributed by atoms with van der Waals surface area (Å²) in [7, 11) is -0.383. The third kappa shape index (κ3) is 2.56. The molecular weight excluding hydrogens is 232 g/mol. The van der Waals surface area contributed by atoms with Gasteiger partial charge in [-0.2, -0.15) is 0 Å². The van der Waals surface area contributed by atoms with E-state index in [9.17, 15) is 0 Å². The molecule has 2 aliphatic rings. The summed E-state index contributed by atoms with van der Waals surface area (Å²) in [5.41, 5.74) is 5.92. The van der Waals surface area contributed by atoms with Gasteiger partial charge in [0, 0.05) is 8.41 Å². The predicted molar refractivity (Wildman–Crippen MR) is 83.2 cm³/mol. The fraction of sp³-hybridized carbons (Fsp3) is 0.471. The first kappa shape index (κ1) is 13.5. The van der Waals surface area contributed by atoms with Gasteiger partial charge in [0.05, 0.1) is 0 Å². The van der Waals surface area contributed by atoms with Gasteiger partial charge in [0.25, 0.3) is 0 Å². The fourth-order valence-electron chi connectivity index (χ4n) is 2.38. The standard InChI is InChI=1S/C17H23Si/c1-12-9-15(18(5)6)11-16(12)13-7-8-14(10-13)17(2,3)4/h8-10H,7H2,1-6H3. The minimum absolute atomic E-state index is 0.259. The summed E-state index contributed by atoms with van der Waals surface area (Å²) < 4.78 is 0. The molecule has 0 bridgehead atoms. The topological polar surface area (TPSA) is 0 Å². The maximum atomic E-state index is 3.64. The van der Waals surface area contributed by atoms with E-state index < -0.39 is 0 Å². The number of hydrogen-bond donors (Lipinski definition) is 0. The van der Waals surface area contributed by atoms with Gasteiger partial charge in [0.1, 0.15) is 0 Å². The highest BCUT2D eigenvalue weighted by Gasteiger charge is 2.22. The largest absolute Gasteiger partial charge is 0.0763 e. The highest BCUT2D eigenvalue weighted by Crippen LogP contribution is 2.37. The molecule has 0 fully saturated rings. The molecule has 0 heterocycles. The summed E-state index contributed by atoms with van der Waals surface area (Å²) >= 11 is 0. The maximum absolute atomic E-state index is 3.64. The molecule has 0 aromatic rings. The van der Waals surface area contributed by atoms with Gasteiger partial charge in [-0.1, -0.05) is 52.1 Å². The quantitative estimate of drug-likeness (QED) is 0.606. The summed E-state index contributed by atoms with van der Waals surface area (Å²) in [5.74, 6) is 0. The molecule has 0 N–H and O–H groups in total. The van der Waals surface area contributed by atoms with Crippen molar-refractivity contribution in [3.8, 4) is 0 Å². The van der Waals surface area contributed by atoms with Gasteiger partial charge in [0.15, 0.2) is 0 Å². The van der Waals surface area contributed by atoms with Crippen molar-refractivity contribution in [2.75, 3.05) is 0 Å². The molecule has 0 spiro atoms. The highest BCUT2D eigenvalue weighted by molar-refractivity contribution is 6.72. The van der Waals surface area contributed by atoms with Crippen LogP contribution >= 0.6 is 0 Å². The molecule has 2 aliphatic carbocycles. The van der Waals surface area contributed by atoms with Crippen LogP contribution in [0.3, 0.4) is 0 Å². The summed E-state index contributed by atoms with van der Waals surface area (Å²) in [6.07, 6.45) is 11.8. The minimum atomic E-state index is -0.383. The Morgan fingerprint density at radius 2 is 1.83 bits per heavy atom. The lowest BCUT2D eigenvalue weighted by Crippen LogP contribution is -2.05. The lowest BCUT2D eigenvalue weighted by atomic mass is 9.87. The minimum Gasteiger partial charge on any atom is -0.0763 e. The molecule has 0 nitrogen and oxygen atoms in total. The molecule has 2 rings (SSSR count). The van der Waals surface area contributed by atoms with Crippen LogP contribution in [-0.4, -0.2) is 13.6 Å². The van der Waals surface area contributed by atoms with Crippen LogP contribution in [0.2, 0.25) is 13.1 Å². The zero-order chi connectivity index (χ0) is 13.5. The van der Waals surface area contributed by atoms with Crippen LogP contribution < -0.4 is 0 Å². The monoisotopic (exact) mass is 255 g/mol. The maximum Gasteiger partial charge on any atom is 0.0136 e. The Morgan fingerprint density at radius 1 is 1.17 bits per heavy atom. The zero-order valence-electron chi connectivity index (χ0n) is 12.4. The van der Waals surface area contributed by atoms with Crippen molar-refractivity contribution >= 4 is 13.6 Å². The van der Waals surface area contributed by atoms with E-state index in [0.29, 0.717) is 0 Å². The Labute approximate surface area is 113 Å². The van der Waals surface area contributed by atoms with Crippen LogP contribution in [0.25, 0.3) is 0 Å². The highest BCUT2D eigenvalue weighted by atomic mass is 28.2. The Bertz CT molecular complexity index is 524. The third-order valence-corrected chi connectivity index (χ3v) is 4.96. The van der Waals surface area contributed by atoms with E-state index in [4.69, 9.17) is 0 Å². The molecule has 0 unspecified atom stereocenters. The van der Waals surface area contributed by atoms with Crippen LogP contribution in [0.15, 0.2) is 40.5 Å². The van der Waals surface area contributed by atoms with Crippen molar-refractivity contribution in [1.82, 2.24) is 0 Å². The van der Waals surface area contributed by atoms with Crippen LogP contribution in [0, 0.1) is 11.5 Å². The number of rotatable bonds is 1. The second kappa shape index (κ2) is 4.62. The lowest BCUT2D eigenvalue weighted by Gasteiger charge is -2.18. The van der Waals surface area contributed by atoms with E-state index in [1.807, 2.05) is 0 Å². The Kier molecular flexibility index (Phi) is 3.46. The first-order chi connectivity index (χ1) is 8.29. The zero-order valence-corrected chi connectivity index (χ0v) is 13.4. The van der Waals surface area contributed by atoms with Crippen molar-refractivity contribution in [3.05, 3.63) is 46.6 Å². The Hall–Kier alpha value is -0.953. The van der Waals surface area contributed by atoms with Gasteiger partial charge in [-0.05, 0) is 52.3 Å². The molecule has 0 aromatic heterocycles. The Morgan fingerprint density at radius 3 is 2.28 bits per heavy atom. The molecule has 0 amide bonds. The van der Waals surface area contributed by atoms with Crippen LogP contribution in [0.1, 0.15) is 34.1 Å². The summed E-state index contributed by atoms with van der Waals surface area (Å²) in [6.45, 7) is 13.7. The molecule has 0 saturated carbocycles. The fourth-order valence-corrected chi connectivity index (χ4v) is 3.26. The summed E-state index contributed by atoms with van der Waals surface area (Å²) in [6, 6.07) is 0. The molecule has 1 radical (unpaired) electrons. The van der Waals surface area contributed by atoms with Crippen LogP contribution in [0.5, 0.6) is 0 Å². The molecule has 0 aliphatic heterocycles. The molecule has 18 heavy (non-hydrogen) atoms. The van der Waals surface area contributed by atoms with Gasteiger partial charge in [-0.3, -0.25) is 0 Å². The molecular formula is C17H23Si. The molecule has 0 atom stereocenters. The molecule has 95 valence electrons. The van der Waals surface area contributed by atoms with E-state index in [1.54, 1.807) is 0 Å². The first-order valence-electron chi connectivity index (χ1n) is 6.71. The Balaban J connectivity index is 2.31. The summed E-state index contributed by atoms with van der Waals surface area (Å²) in [4.78, 5) is 0. The van der Waals surface area contributed by atoms with Crippen molar-refractivity contribution in [1.29, 1.82) is 0 Å². The molecule has 0 saturated heterocycles. The van der Waals surface area contributed by atoms with Gasteiger partial charge >= 0.3 is 0 Å². The van der Waals surface area contributed by atoms with Crippen molar-refractivity contribution < 1.29 is 0 Å². The summed E-state index contributed by atoms with van der Waals surface area (Å²) in [5, 5.41) is 1.44. The van der Waals surface area contributed by atoms with Gasteiger partial charge in [-0.15, -0.1) is 0 Å². The molecule has 1 heteroatoms. The predicted octanol–water partition coefficient (Wildman–Crippen LogP) is 4.49. The lowest BCUT2D eigenvalue weighted by molar-refractivity contribution is 0.518. The SMILES string of the molecule is CC1=CC(=[Si](C)C)[C]=C1C1=CC(C(C)(C)C)=CC1. The third-order valence-electron chi connectivity index (χ3n) is 3.61. The van der Waals surface area contributed by atoms with Gasteiger partial charge < -0.3 is 0 Å².